The minimum Gasteiger partial charge on any atom is -0.508 e. The van der Waals surface area contributed by atoms with Gasteiger partial charge in [-0.05, 0) is 46.2 Å². The number of hydrogen-bond donors (Lipinski definition) is 1. The standard InChI is InChI=1S/C19H28N2O4/c1-6-21(7-2)10-11-24-19(23)17-13(3)25-16-9-8-15(22)14(18(16)17)12-20(4)5/h8-9,22H,6-7,10-12H2,1-5H3. The first-order chi connectivity index (χ1) is 11.9. The van der Waals surface area contributed by atoms with E-state index >= 15 is 0 Å². The highest BCUT2D eigenvalue weighted by molar-refractivity contribution is 6.06. The van der Waals surface area contributed by atoms with Crippen molar-refractivity contribution < 1.29 is 19.1 Å². The summed E-state index contributed by atoms with van der Waals surface area (Å²) in [6, 6.07) is 3.28. The summed E-state index contributed by atoms with van der Waals surface area (Å²) in [6.07, 6.45) is 0. The van der Waals surface area contributed by atoms with Crippen LogP contribution >= 0.6 is 0 Å². The molecule has 0 saturated heterocycles. The Hall–Kier alpha value is -2.05. The van der Waals surface area contributed by atoms with Crippen LogP contribution in [0.15, 0.2) is 16.5 Å². The second-order valence-corrected chi connectivity index (χ2v) is 6.37. The van der Waals surface area contributed by atoms with Gasteiger partial charge in [0.2, 0.25) is 0 Å². The maximum atomic E-state index is 12.7. The summed E-state index contributed by atoms with van der Waals surface area (Å²) in [5.41, 5.74) is 1.67. The van der Waals surface area contributed by atoms with Gasteiger partial charge in [0.05, 0.1) is 0 Å². The van der Waals surface area contributed by atoms with Crippen LogP contribution in [0.25, 0.3) is 11.0 Å². The predicted octanol–water partition coefficient (Wildman–Crippen LogP) is 3.01. The van der Waals surface area contributed by atoms with Crippen LogP contribution in [0.1, 0.15) is 35.5 Å². The van der Waals surface area contributed by atoms with Crippen molar-refractivity contribution in [2.75, 3.05) is 40.3 Å². The van der Waals surface area contributed by atoms with Gasteiger partial charge >= 0.3 is 5.97 Å². The molecule has 0 spiro atoms. The maximum absolute atomic E-state index is 12.7. The number of ether oxygens (including phenoxy) is 1. The number of fused-ring (bicyclic) bond motifs is 1. The van der Waals surface area contributed by atoms with Crippen molar-refractivity contribution in [3.63, 3.8) is 0 Å². The lowest BCUT2D eigenvalue weighted by Gasteiger charge is -2.17. The van der Waals surface area contributed by atoms with Crippen molar-refractivity contribution in [3.8, 4) is 5.75 Å². The molecular formula is C19H28N2O4. The van der Waals surface area contributed by atoms with Crippen molar-refractivity contribution in [2.24, 2.45) is 0 Å². The number of esters is 1. The SMILES string of the molecule is CCN(CC)CCOC(=O)c1c(C)oc2ccc(O)c(CN(C)C)c12. The molecule has 0 radical (unpaired) electrons. The summed E-state index contributed by atoms with van der Waals surface area (Å²) < 4.78 is 11.2. The molecule has 138 valence electrons. The van der Waals surface area contributed by atoms with E-state index in [2.05, 4.69) is 18.7 Å². The molecule has 1 aromatic carbocycles. The van der Waals surface area contributed by atoms with Crippen LogP contribution in [0.4, 0.5) is 0 Å². The Balaban J connectivity index is 2.32. The first-order valence-electron chi connectivity index (χ1n) is 8.67. The van der Waals surface area contributed by atoms with Crippen LogP contribution in [0, 0.1) is 6.92 Å². The average molecular weight is 348 g/mol. The molecule has 0 unspecified atom stereocenters. The Bertz CT molecular complexity index is 733. The highest BCUT2D eigenvalue weighted by atomic mass is 16.5. The van der Waals surface area contributed by atoms with Crippen molar-refractivity contribution in [1.29, 1.82) is 0 Å². The first kappa shape index (κ1) is 19.3. The van der Waals surface area contributed by atoms with E-state index in [-0.39, 0.29) is 5.75 Å². The number of carbonyl (C=O) groups excluding carboxylic acids is 1. The summed E-state index contributed by atoms with van der Waals surface area (Å²) >= 11 is 0. The third-order valence-electron chi connectivity index (χ3n) is 4.33. The Morgan fingerprint density at radius 3 is 2.52 bits per heavy atom. The second kappa shape index (κ2) is 8.36. The van der Waals surface area contributed by atoms with E-state index in [0.29, 0.717) is 47.6 Å². The summed E-state index contributed by atoms with van der Waals surface area (Å²) in [5.74, 6) is 0.252. The molecule has 1 aromatic heterocycles. The zero-order valence-corrected chi connectivity index (χ0v) is 15.8. The zero-order valence-electron chi connectivity index (χ0n) is 15.8. The average Bonchev–Trinajstić information content (AvgIpc) is 2.90. The normalized spacial score (nSPS) is 11.6. The number of benzene rings is 1. The highest BCUT2D eigenvalue weighted by Crippen LogP contribution is 2.34. The molecule has 25 heavy (non-hydrogen) atoms. The molecule has 2 rings (SSSR count). The van der Waals surface area contributed by atoms with Crippen molar-refractivity contribution in [2.45, 2.75) is 27.3 Å². The summed E-state index contributed by atoms with van der Waals surface area (Å²) in [6.45, 7) is 9.27. The number of rotatable bonds is 8. The van der Waals surface area contributed by atoms with Crippen molar-refractivity contribution in [3.05, 3.63) is 29.0 Å². The fraction of sp³-hybridized carbons (Fsp3) is 0.526. The monoisotopic (exact) mass is 348 g/mol. The minimum absolute atomic E-state index is 0.152. The lowest BCUT2D eigenvalue weighted by atomic mass is 10.0. The molecule has 0 aliphatic carbocycles. The first-order valence-corrected chi connectivity index (χ1v) is 8.67. The minimum atomic E-state index is -0.408. The predicted molar refractivity (Wildman–Crippen MR) is 98.1 cm³/mol. The Morgan fingerprint density at radius 2 is 1.92 bits per heavy atom. The molecule has 0 saturated carbocycles. The van der Waals surface area contributed by atoms with E-state index in [0.717, 1.165) is 13.1 Å². The van der Waals surface area contributed by atoms with Gasteiger partial charge < -0.3 is 24.1 Å². The van der Waals surface area contributed by atoms with E-state index in [1.807, 2.05) is 19.0 Å². The van der Waals surface area contributed by atoms with Gasteiger partial charge in [-0.2, -0.15) is 0 Å². The Labute approximate surface area is 149 Å². The lowest BCUT2D eigenvalue weighted by molar-refractivity contribution is 0.0466. The van der Waals surface area contributed by atoms with Gasteiger partial charge in [-0.1, -0.05) is 13.8 Å². The third-order valence-corrected chi connectivity index (χ3v) is 4.33. The van der Waals surface area contributed by atoms with E-state index < -0.39 is 5.97 Å². The van der Waals surface area contributed by atoms with Crippen LogP contribution in [-0.2, 0) is 11.3 Å². The molecule has 6 nitrogen and oxygen atoms in total. The van der Waals surface area contributed by atoms with Crippen LogP contribution in [0.2, 0.25) is 0 Å². The summed E-state index contributed by atoms with van der Waals surface area (Å²) in [7, 11) is 3.82. The molecule has 0 atom stereocenters. The molecule has 6 heteroatoms. The van der Waals surface area contributed by atoms with Gasteiger partial charge in [0.15, 0.2) is 0 Å². The number of phenols is 1. The molecule has 0 bridgehead atoms. The zero-order chi connectivity index (χ0) is 18.6. The number of aryl methyl sites for hydroxylation is 1. The van der Waals surface area contributed by atoms with Crippen LogP contribution in [0.3, 0.4) is 0 Å². The second-order valence-electron chi connectivity index (χ2n) is 6.37. The summed E-state index contributed by atoms with van der Waals surface area (Å²) in [4.78, 5) is 16.8. The number of hydrogen-bond acceptors (Lipinski definition) is 6. The maximum Gasteiger partial charge on any atom is 0.342 e. The van der Waals surface area contributed by atoms with E-state index in [1.54, 1.807) is 19.1 Å². The number of phenolic OH excluding ortho intramolecular Hbond substituents is 1. The topological polar surface area (TPSA) is 66.1 Å². The van der Waals surface area contributed by atoms with Gasteiger partial charge in [-0.25, -0.2) is 4.79 Å². The van der Waals surface area contributed by atoms with Gasteiger partial charge in [0, 0.05) is 24.0 Å². The van der Waals surface area contributed by atoms with E-state index in [9.17, 15) is 9.90 Å². The van der Waals surface area contributed by atoms with Gasteiger partial charge in [-0.15, -0.1) is 0 Å². The molecular weight excluding hydrogens is 320 g/mol. The number of aromatic hydroxyl groups is 1. The number of furan rings is 1. The Kier molecular flexibility index (Phi) is 6.45. The molecule has 2 aromatic rings. The Morgan fingerprint density at radius 1 is 1.24 bits per heavy atom. The van der Waals surface area contributed by atoms with Gasteiger partial charge in [0.25, 0.3) is 0 Å². The highest BCUT2D eigenvalue weighted by Gasteiger charge is 2.24. The molecule has 0 aliphatic rings. The molecule has 0 fully saturated rings. The molecule has 0 amide bonds. The molecule has 0 aliphatic heterocycles. The quantitative estimate of drug-likeness (QED) is 0.740. The third kappa shape index (κ3) is 4.32. The van der Waals surface area contributed by atoms with Crippen LogP contribution in [0.5, 0.6) is 5.75 Å². The van der Waals surface area contributed by atoms with Crippen molar-refractivity contribution >= 4 is 16.9 Å². The van der Waals surface area contributed by atoms with Gasteiger partial charge in [-0.3, -0.25) is 0 Å². The number of nitrogens with zero attached hydrogens (tertiary/aromatic N) is 2. The molecule has 1 heterocycles. The van der Waals surface area contributed by atoms with Crippen LogP contribution in [-0.4, -0.2) is 61.2 Å². The fourth-order valence-electron chi connectivity index (χ4n) is 2.97. The lowest BCUT2D eigenvalue weighted by Crippen LogP contribution is -2.28. The fourth-order valence-corrected chi connectivity index (χ4v) is 2.97. The van der Waals surface area contributed by atoms with Gasteiger partial charge in [0.1, 0.15) is 29.3 Å². The van der Waals surface area contributed by atoms with Crippen molar-refractivity contribution in [1.82, 2.24) is 9.80 Å². The number of carbonyl (C=O) groups is 1. The van der Waals surface area contributed by atoms with E-state index in [1.165, 1.54) is 0 Å². The molecule has 1 N–H and O–H groups in total. The van der Waals surface area contributed by atoms with Crippen LogP contribution < -0.4 is 0 Å². The smallest absolute Gasteiger partial charge is 0.342 e. The summed E-state index contributed by atoms with van der Waals surface area (Å²) in [5, 5.41) is 10.9. The van der Waals surface area contributed by atoms with E-state index in [4.69, 9.17) is 9.15 Å². The largest absolute Gasteiger partial charge is 0.508 e. The number of likely N-dealkylation sites (N-methyl/N-ethyl adjacent to an activating group) is 1.